The molecular formula is C17H22N2O2S. The molecule has 0 aliphatic heterocycles. The molecule has 0 heterocycles. The molecule has 1 aromatic carbocycles. The van der Waals surface area contributed by atoms with Crippen molar-refractivity contribution in [3.8, 4) is 0 Å². The molecule has 2 unspecified atom stereocenters. The molecule has 1 fully saturated rings. The van der Waals surface area contributed by atoms with E-state index in [1.807, 2.05) is 6.92 Å². The molecule has 4 nitrogen and oxygen atoms in total. The molecule has 22 heavy (non-hydrogen) atoms. The third-order valence-electron chi connectivity index (χ3n) is 4.64. The van der Waals surface area contributed by atoms with E-state index in [1.54, 1.807) is 24.3 Å². The summed E-state index contributed by atoms with van der Waals surface area (Å²) in [6.45, 7) is 1.93. The first-order chi connectivity index (χ1) is 10.6. The number of nitrogens with zero attached hydrogens (tertiary/aromatic N) is 1. The summed E-state index contributed by atoms with van der Waals surface area (Å²) in [5.74, 6) is 1.03. The molecule has 0 saturated heterocycles. The second kappa shape index (κ2) is 6.24. The molecule has 5 heteroatoms. The van der Waals surface area contributed by atoms with Gasteiger partial charge in [0.2, 0.25) is 0 Å². The topological polar surface area (TPSA) is 58.5 Å². The van der Waals surface area contributed by atoms with Gasteiger partial charge in [-0.1, -0.05) is 29.8 Å². The fourth-order valence-corrected chi connectivity index (χ4v) is 4.19. The summed E-state index contributed by atoms with van der Waals surface area (Å²) in [6.07, 6.45) is 9.71. The number of benzene rings is 1. The highest BCUT2D eigenvalue weighted by Crippen LogP contribution is 2.36. The van der Waals surface area contributed by atoms with Crippen LogP contribution in [-0.4, -0.2) is 14.1 Å². The lowest BCUT2D eigenvalue weighted by Crippen LogP contribution is -2.32. The summed E-state index contributed by atoms with van der Waals surface area (Å²) in [4.78, 5) is 2.70. The summed E-state index contributed by atoms with van der Waals surface area (Å²) in [6, 6.07) is 6.82. The predicted molar refractivity (Wildman–Crippen MR) is 88.1 cm³/mol. The van der Waals surface area contributed by atoms with Crippen LogP contribution in [-0.2, 0) is 10.0 Å². The molecule has 0 spiro atoms. The van der Waals surface area contributed by atoms with Gasteiger partial charge in [0.15, 0.2) is 0 Å². The van der Waals surface area contributed by atoms with E-state index >= 15 is 0 Å². The van der Waals surface area contributed by atoms with Crippen LogP contribution in [0.5, 0.6) is 0 Å². The quantitative estimate of drug-likeness (QED) is 0.686. The number of nitrogens with one attached hydrogen (secondary N) is 1. The van der Waals surface area contributed by atoms with E-state index < -0.39 is 10.0 Å². The Morgan fingerprint density at radius 3 is 2.64 bits per heavy atom. The average Bonchev–Trinajstić information content (AvgIpc) is 2.53. The molecule has 3 rings (SSSR count). The van der Waals surface area contributed by atoms with Gasteiger partial charge in [-0.3, -0.25) is 0 Å². The van der Waals surface area contributed by atoms with Crippen molar-refractivity contribution >= 4 is 15.7 Å². The van der Waals surface area contributed by atoms with E-state index in [0.717, 1.165) is 37.0 Å². The Bertz CT molecular complexity index is 690. The number of aryl methyl sites for hydroxylation is 1. The van der Waals surface area contributed by atoms with Gasteiger partial charge in [0.05, 0.1) is 4.90 Å². The van der Waals surface area contributed by atoms with E-state index in [4.69, 9.17) is 0 Å². The molecule has 118 valence electrons. The fraction of sp³-hybridized carbons (Fsp3) is 0.471. The van der Waals surface area contributed by atoms with Crippen molar-refractivity contribution in [3.05, 3.63) is 42.0 Å². The van der Waals surface area contributed by atoms with Crippen molar-refractivity contribution < 1.29 is 8.42 Å². The van der Waals surface area contributed by atoms with Gasteiger partial charge in [-0.15, -0.1) is 0 Å². The lowest BCUT2D eigenvalue weighted by Gasteiger charge is -2.33. The Morgan fingerprint density at radius 2 is 1.86 bits per heavy atom. The molecule has 1 N–H and O–H groups in total. The standard InChI is InChI=1S/C17H22N2O2S/c1-13-9-11-15(12-10-13)22(20,21)19-18-17-8-4-6-14-5-2-3-7-16(14)17/h2-3,9-12,14,16,19H,4-8H2,1H3/b18-17+. The largest absolute Gasteiger partial charge is 0.276 e. The summed E-state index contributed by atoms with van der Waals surface area (Å²) in [7, 11) is -3.57. The van der Waals surface area contributed by atoms with Gasteiger partial charge in [0, 0.05) is 11.6 Å². The van der Waals surface area contributed by atoms with Crippen LogP contribution in [0.1, 0.15) is 37.7 Å². The van der Waals surface area contributed by atoms with Gasteiger partial charge in [0.25, 0.3) is 10.0 Å². The molecule has 2 atom stereocenters. The summed E-state index contributed by atoms with van der Waals surface area (Å²) in [5.41, 5.74) is 2.05. The van der Waals surface area contributed by atoms with Crippen LogP contribution in [0.15, 0.2) is 46.4 Å². The van der Waals surface area contributed by atoms with Crippen LogP contribution in [0.4, 0.5) is 0 Å². The van der Waals surface area contributed by atoms with Crippen molar-refractivity contribution in [3.63, 3.8) is 0 Å². The second-order valence-corrected chi connectivity index (χ2v) is 7.87. The second-order valence-electron chi connectivity index (χ2n) is 6.21. The van der Waals surface area contributed by atoms with E-state index in [1.165, 1.54) is 6.42 Å². The molecule has 0 bridgehead atoms. The van der Waals surface area contributed by atoms with E-state index in [2.05, 4.69) is 22.1 Å². The minimum Gasteiger partial charge on any atom is -0.200 e. The molecule has 1 aromatic rings. The Balaban J connectivity index is 1.77. The molecule has 0 radical (unpaired) electrons. The Kier molecular flexibility index (Phi) is 4.34. The van der Waals surface area contributed by atoms with Gasteiger partial charge in [-0.2, -0.15) is 13.5 Å². The number of allylic oxidation sites excluding steroid dienone is 2. The normalized spacial score (nSPS) is 26.7. The molecule has 2 aliphatic rings. The van der Waals surface area contributed by atoms with Crippen LogP contribution in [0, 0.1) is 18.8 Å². The lowest BCUT2D eigenvalue weighted by atomic mass is 9.72. The predicted octanol–water partition coefficient (Wildman–Crippen LogP) is 3.40. The maximum absolute atomic E-state index is 12.3. The van der Waals surface area contributed by atoms with Gasteiger partial charge >= 0.3 is 0 Å². The van der Waals surface area contributed by atoms with Gasteiger partial charge in [-0.25, -0.2) is 4.83 Å². The third-order valence-corrected chi connectivity index (χ3v) is 5.87. The smallest absolute Gasteiger partial charge is 0.200 e. The molecule has 1 saturated carbocycles. The van der Waals surface area contributed by atoms with Crippen LogP contribution < -0.4 is 4.83 Å². The highest BCUT2D eigenvalue weighted by atomic mass is 32.2. The number of rotatable bonds is 3. The molecule has 0 amide bonds. The first-order valence-corrected chi connectivity index (χ1v) is 9.34. The fourth-order valence-electron chi connectivity index (χ4n) is 3.36. The maximum Gasteiger partial charge on any atom is 0.276 e. The van der Waals surface area contributed by atoms with Gasteiger partial charge in [-0.05, 0) is 57.1 Å². The van der Waals surface area contributed by atoms with Crippen LogP contribution in [0.2, 0.25) is 0 Å². The number of hydrogen-bond donors (Lipinski definition) is 1. The highest BCUT2D eigenvalue weighted by Gasteiger charge is 2.30. The van der Waals surface area contributed by atoms with Crippen LogP contribution in [0.3, 0.4) is 0 Å². The summed E-state index contributed by atoms with van der Waals surface area (Å²) >= 11 is 0. The first kappa shape index (κ1) is 15.3. The van der Waals surface area contributed by atoms with Crippen molar-refractivity contribution in [2.24, 2.45) is 16.9 Å². The van der Waals surface area contributed by atoms with Gasteiger partial charge < -0.3 is 0 Å². The molecule has 2 aliphatic carbocycles. The number of hydrazone groups is 1. The average molecular weight is 318 g/mol. The van der Waals surface area contributed by atoms with Crippen LogP contribution >= 0.6 is 0 Å². The Morgan fingerprint density at radius 1 is 1.14 bits per heavy atom. The molecule has 0 aromatic heterocycles. The van der Waals surface area contributed by atoms with Crippen molar-refractivity contribution in [1.29, 1.82) is 0 Å². The maximum atomic E-state index is 12.3. The highest BCUT2D eigenvalue weighted by molar-refractivity contribution is 7.89. The van der Waals surface area contributed by atoms with E-state index in [-0.39, 0.29) is 4.90 Å². The van der Waals surface area contributed by atoms with Crippen LogP contribution in [0.25, 0.3) is 0 Å². The number of hydrogen-bond acceptors (Lipinski definition) is 3. The minimum atomic E-state index is -3.57. The van der Waals surface area contributed by atoms with Gasteiger partial charge in [0.1, 0.15) is 0 Å². The number of fused-ring (bicyclic) bond motifs is 1. The van der Waals surface area contributed by atoms with Crippen molar-refractivity contribution in [2.75, 3.05) is 0 Å². The SMILES string of the molecule is Cc1ccc(S(=O)(=O)N/N=C2\CCCC3CC=CCC23)cc1. The third kappa shape index (κ3) is 3.24. The van der Waals surface area contributed by atoms with E-state index in [9.17, 15) is 8.42 Å². The van der Waals surface area contributed by atoms with E-state index in [0.29, 0.717) is 11.8 Å². The minimum absolute atomic E-state index is 0.262. The Hall–Kier alpha value is -1.62. The zero-order valence-corrected chi connectivity index (χ0v) is 13.6. The summed E-state index contributed by atoms with van der Waals surface area (Å²) < 4.78 is 24.6. The first-order valence-electron chi connectivity index (χ1n) is 7.86. The zero-order chi connectivity index (χ0) is 15.6. The zero-order valence-electron chi connectivity index (χ0n) is 12.8. The Labute approximate surface area is 132 Å². The van der Waals surface area contributed by atoms with Crippen molar-refractivity contribution in [1.82, 2.24) is 4.83 Å². The van der Waals surface area contributed by atoms with Crippen molar-refractivity contribution in [2.45, 2.75) is 43.9 Å². The monoisotopic (exact) mass is 318 g/mol. The summed E-state index contributed by atoms with van der Waals surface area (Å²) in [5, 5.41) is 4.28. The number of sulfonamides is 1. The lowest BCUT2D eigenvalue weighted by molar-refractivity contribution is 0.343. The molecular weight excluding hydrogens is 296 g/mol.